The minimum Gasteiger partial charge on any atom is -0.463 e. The number of carbonyl (C=O) groups is 3. The van der Waals surface area contributed by atoms with Gasteiger partial charge in [0, 0.05) is 30.2 Å². The van der Waals surface area contributed by atoms with Crippen molar-refractivity contribution >= 4 is 17.7 Å². The molecule has 0 aromatic heterocycles. The maximum absolute atomic E-state index is 14.0. The van der Waals surface area contributed by atoms with Crippen LogP contribution in [-0.2, 0) is 44.0 Å². The molecule has 2 aromatic rings. The Morgan fingerprint density at radius 3 is 2.28 bits per heavy atom. The van der Waals surface area contributed by atoms with Gasteiger partial charge < -0.3 is 38.6 Å². The van der Waals surface area contributed by atoms with Crippen LogP contribution >= 0.6 is 0 Å². The first-order valence-corrected chi connectivity index (χ1v) is 15.8. The van der Waals surface area contributed by atoms with E-state index in [-0.39, 0.29) is 5.57 Å². The number of aliphatic hydroxyl groups is 2. The van der Waals surface area contributed by atoms with Crippen LogP contribution in [0.25, 0.3) is 0 Å². The van der Waals surface area contributed by atoms with E-state index in [0.717, 1.165) is 0 Å². The van der Waals surface area contributed by atoms with E-state index in [1.807, 2.05) is 13.0 Å². The standard InChI is InChI=1S/C36H36O11/c1-18(2)34-27(43-30(39)22-12-8-6-9-13-22)20(4)35-24-16-19(3)26(38)33(24,41)31(40)32(17-42-21(5)37)28(44-32)25(35)29(34)45-36(46-34,47-35)23-14-10-7-11-15-23/h6-16,20,24-25,27-29,31,40-41H,1,17H2,2-5H3/t20-,24-,25+,27-,28+,29-,31-,32+,33-,34+,35+,36?/m1/s1. The van der Waals surface area contributed by atoms with E-state index in [0.29, 0.717) is 16.7 Å². The summed E-state index contributed by atoms with van der Waals surface area (Å²) in [7, 11) is 0. The Hall–Kier alpha value is -3.71. The highest BCUT2D eigenvalue weighted by molar-refractivity contribution is 6.05. The first-order valence-electron chi connectivity index (χ1n) is 15.8. The first-order chi connectivity index (χ1) is 22.3. The molecule has 11 nitrogen and oxygen atoms in total. The second-order valence-corrected chi connectivity index (χ2v) is 13.8. The lowest BCUT2D eigenvalue weighted by Gasteiger charge is -2.61. The van der Waals surface area contributed by atoms with Crippen LogP contribution in [0.15, 0.2) is 84.5 Å². The van der Waals surface area contributed by atoms with Crippen LogP contribution in [-0.4, -0.2) is 81.4 Å². The van der Waals surface area contributed by atoms with Gasteiger partial charge in [-0.15, -0.1) is 0 Å². The molecule has 6 aliphatic rings. The number of Topliss-reactive ketones (excluding diaryl/α,β-unsaturated/α-hetero) is 1. The zero-order chi connectivity index (χ0) is 33.3. The van der Waals surface area contributed by atoms with Gasteiger partial charge in [-0.25, -0.2) is 4.79 Å². The molecule has 12 atom stereocenters. The average Bonchev–Trinajstić information content (AvgIpc) is 3.67. The number of hydrogen-bond acceptors (Lipinski definition) is 11. The van der Waals surface area contributed by atoms with E-state index >= 15 is 0 Å². The predicted octanol–water partition coefficient (Wildman–Crippen LogP) is 2.74. The number of hydrogen-bond donors (Lipinski definition) is 2. The molecule has 47 heavy (non-hydrogen) atoms. The summed E-state index contributed by atoms with van der Waals surface area (Å²) in [6, 6.07) is 17.5. The van der Waals surface area contributed by atoms with Crippen molar-refractivity contribution in [2.24, 2.45) is 17.8 Å². The van der Waals surface area contributed by atoms with Crippen molar-refractivity contribution in [1.82, 2.24) is 0 Å². The van der Waals surface area contributed by atoms with Crippen LogP contribution in [0, 0.1) is 17.8 Å². The predicted molar refractivity (Wildman–Crippen MR) is 161 cm³/mol. The van der Waals surface area contributed by atoms with E-state index < -0.39 is 94.9 Å². The van der Waals surface area contributed by atoms with Gasteiger partial charge in [-0.05, 0) is 37.1 Å². The van der Waals surface area contributed by atoms with E-state index in [9.17, 15) is 24.6 Å². The fraction of sp³-hybridized carbons (Fsp3) is 0.472. The average molecular weight is 645 g/mol. The van der Waals surface area contributed by atoms with Gasteiger partial charge in [-0.2, -0.15) is 0 Å². The lowest BCUT2D eigenvalue weighted by atomic mass is 9.53. The molecule has 0 spiro atoms. The van der Waals surface area contributed by atoms with E-state index in [2.05, 4.69) is 6.58 Å². The SMILES string of the molecule is C=C(C)[C@@]12OC3(c4ccccc4)O[C@@H]1[C@@H]1[C@@H]4O[C@]4(COC(C)=O)[C@@H](O)[C@]4(O)C(=O)C(C)=C[C@H]4[C@@]1(O3)[C@H](C)[C@H]2OC(=O)c1ccccc1. The largest absolute Gasteiger partial charge is 0.463 e. The number of epoxide rings is 1. The van der Waals surface area contributed by atoms with E-state index in [4.69, 9.17) is 28.4 Å². The zero-order valence-electron chi connectivity index (χ0n) is 26.4. The van der Waals surface area contributed by atoms with Crippen LogP contribution < -0.4 is 0 Å². The molecular formula is C36H36O11. The van der Waals surface area contributed by atoms with Gasteiger partial charge in [0.2, 0.25) is 0 Å². The number of carbonyl (C=O) groups excluding carboxylic acids is 3. The number of ketones is 1. The monoisotopic (exact) mass is 644 g/mol. The number of ether oxygens (including phenoxy) is 6. The number of esters is 2. The maximum atomic E-state index is 14.0. The normalized spacial score (nSPS) is 45.2. The van der Waals surface area contributed by atoms with Gasteiger partial charge >= 0.3 is 17.9 Å². The lowest BCUT2D eigenvalue weighted by molar-refractivity contribution is -0.440. The molecule has 3 heterocycles. The second kappa shape index (κ2) is 9.68. The molecular weight excluding hydrogens is 608 g/mol. The van der Waals surface area contributed by atoms with Crippen LogP contribution in [0.3, 0.4) is 0 Å². The topological polar surface area (TPSA) is 150 Å². The van der Waals surface area contributed by atoms with Gasteiger partial charge in [0.1, 0.15) is 31.0 Å². The molecule has 2 saturated carbocycles. The molecule has 8 rings (SSSR count). The third kappa shape index (κ3) is 3.59. The molecule has 1 unspecified atom stereocenters. The van der Waals surface area contributed by atoms with Crippen LogP contribution in [0.4, 0.5) is 0 Å². The molecule has 3 bridgehead atoms. The summed E-state index contributed by atoms with van der Waals surface area (Å²) in [6.07, 6.45) is -3.22. The van der Waals surface area contributed by atoms with Crippen molar-refractivity contribution in [3.8, 4) is 0 Å². The Kier molecular flexibility index (Phi) is 6.31. The third-order valence-corrected chi connectivity index (χ3v) is 11.4. The first kappa shape index (κ1) is 30.6. The smallest absolute Gasteiger partial charge is 0.338 e. The highest BCUT2D eigenvalue weighted by Gasteiger charge is 2.91. The van der Waals surface area contributed by atoms with Crippen molar-refractivity contribution in [3.05, 3.63) is 95.6 Å². The van der Waals surface area contributed by atoms with Crippen molar-refractivity contribution in [1.29, 1.82) is 0 Å². The lowest BCUT2D eigenvalue weighted by Crippen LogP contribution is -2.76. The number of rotatable bonds is 6. The number of benzene rings is 2. The quantitative estimate of drug-likeness (QED) is 0.272. The van der Waals surface area contributed by atoms with Gasteiger partial charge in [-0.1, -0.05) is 68.1 Å². The minimum atomic E-state index is -2.46. The van der Waals surface area contributed by atoms with Crippen molar-refractivity contribution < 1.29 is 53.0 Å². The Bertz CT molecular complexity index is 1740. The molecule has 2 N–H and O–H groups in total. The number of fused-ring (bicyclic) bond motifs is 3. The molecule has 11 heteroatoms. The summed E-state index contributed by atoms with van der Waals surface area (Å²) in [4.78, 5) is 39.8. The molecule has 3 aliphatic carbocycles. The molecule has 3 aliphatic heterocycles. The fourth-order valence-electron chi connectivity index (χ4n) is 9.26. The summed E-state index contributed by atoms with van der Waals surface area (Å²) in [5.41, 5.74) is -5.75. The van der Waals surface area contributed by atoms with Crippen LogP contribution in [0.2, 0.25) is 0 Å². The van der Waals surface area contributed by atoms with Crippen molar-refractivity contribution in [2.45, 2.75) is 80.5 Å². The zero-order valence-corrected chi connectivity index (χ0v) is 26.4. The molecule has 246 valence electrons. The van der Waals surface area contributed by atoms with Gasteiger partial charge in [0.25, 0.3) is 0 Å². The second-order valence-electron chi connectivity index (χ2n) is 13.8. The highest BCUT2D eigenvalue weighted by atomic mass is 16.9. The third-order valence-electron chi connectivity index (χ3n) is 11.4. The minimum absolute atomic E-state index is 0.213. The Morgan fingerprint density at radius 1 is 0.979 bits per heavy atom. The number of aliphatic hydroxyl groups excluding tert-OH is 1. The Balaban J connectivity index is 1.39. The summed E-state index contributed by atoms with van der Waals surface area (Å²) < 4.78 is 39.1. The molecule has 0 radical (unpaired) electrons. The Labute approximate surface area is 271 Å². The van der Waals surface area contributed by atoms with Crippen molar-refractivity contribution in [3.63, 3.8) is 0 Å². The van der Waals surface area contributed by atoms with Crippen LogP contribution in [0.5, 0.6) is 0 Å². The highest BCUT2D eigenvalue weighted by Crippen LogP contribution is 2.74. The molecule has 5 fully saturated rings. The summed E-state index contributed by atoms with van der Waals surface area (Å²) in [6.45, 7) is 10.3. The maximum Gasteiger partial charge on any atom is 0.338 e. The van der Waals surface area contributed by atoms with E-state index in [1.54, 1.807) is 74.5 Å². The van der Waals surface area contributed by atoms with Crippen molar-refractivity contribution in [2.75, 3.05) is 6.61 Å². The van der Waals surface area contributed by atoms with Gasteiger partial charge in [-0.3, -0.25) is 9.59 Å². The fourth-order valence-corrected chi connectivity index (χ4v) is 9.26. The Morgan fingerprint density at radius 2 is 1.64 bits per heavy atom. The van der Waals surface area contributed by atoms with Crippen LogP contribution in [0.1, 0.15) is 43.6 Å². The molecule has 0 amide bonds. The van der Waals surface area contributed by atoms with Gasteiger partial charge in [0.05, 0.1) is 11.2 Å². The van der Waals surface area contributed by atoms with Gasteiger partial charge in [0.15, 0.2) is 22.6 Å². The summed E-state index contributed by atoms with van der Waals surface area (Å²) in [5.74, 6) is -6.67. The molecule has 2 aromatic carbocycles. The van der Waals surface area contributed by atoms with E-state index in [1.165, 1.54) is 6.92 Å². The summed E-state index contributed by atoms with van der Waals surface area (Å²) in [5, 5.41) is 24.7. The summed E-state index contributed by atoms with van der Waals surface area (Å²) >= 11 is 0. The molecule has 3 saturated heterocycles.